The zero-order valence-corrected chi connectivity index (χ0v) is 15.2. The van der Waals surface area contributed by atoms with Gasteiger partial charge >= 0.3 is 5.97 Å². The molecule has 1 heterocycles. The molecule has 1 N–H and O–H groups in total. The van der Waals surface area contributed by atoms with Gasteiger partial charge in [0, 0.05) is 4.47 Å². The maximum atomic E-state index is 12.2. The summed E-state index contributed by atoms with van der Waals surface area (Å²) in [4.78, 5) is 35.7. The molecule has 25 heavy (non-hydrogen) atoms. The van der Waals surface area contributed by atoms with E-state index in [4.69, 9.17) is 4.74 Å². The molecule has 0 bridgehead atoms. The molecule has 1 aliphatic rings. The van der Waals surface area contributed by atoms with Crippen molar-refractivity contribution < 1.29 is 19.1 Å². The van der Waals surface area contributed by atoms with Crippen molar-refractivity contribution in [1.29, 1.82) is 0 Å². The lowest BCUT2D eigenvalue weighted by atomic mass is 10.0. The van der Waals surface area contributed by atoms with E-state index in [0.29, 0.717) is 11.1 Å². The van der Waals surface area contributed by atoms with Gasteiger partial charge in [-0.05, 0) is 41.3 Å². The van der Waals surface area contributed by atoms with Crippen molar-refractivity contribution in [2.24, 2.45) is 0 Å². The van der Waals surface area contributed by atoms with Gasteiger partial charge in [-0.1, -0.05) is 41.1 Å². The maximum Gasteiger partial charge on any atom is 0.310 e. The monoisotopic (exact) mass is 401 g/mol. The predicted octanol–water partition coefficient (Wildman–Crippen LogP) is 3.18. The minimum atomic E-state index is -0.468. The normalized spacial score (nSPS) is 12.7. The van der Waals surface area contributed by atoms with Crippen LogP contribution in [0.2, 0.25) is 0 Å². The number of hydrogen-bond acceptors (Lipinski definition) is 4. The van der Waals surface area contributed by atoms with Crippen molar-refractivity contribution in [2.45, 2.75) is 26.4 Å². The second-order valence-electron chi connectivity index (χ2n) is 5.73. The summed E-state index contributed by atoms with van der Waals surface area (Å²) < 4.78 is 6.35. The van der Waals surface area contributed by atoms with E-state index in [-0.39, 0.29) is 18.6 Å². The molecule has 3 rings (SSSR count). The number of rotatable bonds is 5. The fourth-order valence-corrected chi connectivity index (χ4v) is 3.28. The van der Waals surface area contributed by atoms with Crippen LogP contribution in [0.5, 0.6) is 0 Å². The van der Waals surface area contributed by atoms with Crippen molar-refractivity contribution in [3.05, 3.63) is 68.7 Å². The highest BCUT2D eigenvalue weighted by Gasteiger charge is 2.29. The average molecular weight is 402 g/mol. The number of esters is 1. The molecular weight excluding hydrogens is 386 g/mol. The zero-order chi connectivity index (χ0) is 18.0. The average Bonchev–Trinajstić information content (AvgIpc) is 2.89. The number of halogens is 1. The molecule has 0 atom stereocenters. The molecule has 0 radical (unpaired) electrons. The Bertz CT molecular complexity index is 876. The zero-order valence-electron chi connectivity index (χ0n) is 13.6. The Morgan fingerprint density at radius 1 is 1.08 bits per heavy atom. The Balaban J connectivity index is 1.71. The van der Waals surface area contributed by atoms with E-state index in [1.54, 1.807) is 18.2 Å². The molecule has 6 heteroatoms. The van der Waals surface area contributed by atoms with Crippen LogP contribution in [-0.2, 0) is 29.0 Å². The summed E-state index contributed by atoms with van der Waals surface area (Å²) in [7, 11) is 0. The highest BCUT2D eigenvalue weighted by molar-refractivity contribution is 9.10. The van der Waals surface area contributed by atoms with Gasteiger partial charge in [0.1, 0.15) is 6.61 Å². The minimum Gasteiger partial charge on any atom is -0.461 e. The fraction of sp³-hybridized carbons (Fsp3) is 0.211. The molecule has 0 spiro atoms. The van der Waals surface area contributed by atoms with E-state index in [0.717, 1.165) is 22.0 Å². The van der Waals surface area contributed by atoms with Gasteiger partial charge in [-0.25, -0.2) is 0 Å². The van der Waals surface area contributed by atoms with Crippen LogP contribution in [0, 0.1) is 0 Å². The fourth-order valence-electron chi connectivity index (χ4n) is 2.87. The molecule has 0 unspecified atom stereocenters. The summed E-state index contributed by atoms with van der Waals surface area (Å²) in [5.74, 6) is -1.34. The third-order valence-corrected chi connectivity index (χ3v) is 4.62. The van der Waals surface area contributed by atoms with Gasteiger partial charge in [0.05, 0.1) is 17.5 Å². The minimum absolute atomic E-state index is 0.0537. The molecule has 1 aliphatic heterocycles. The van der Waals surface area contributed by atoms with Gasteiger partial charge in [-0.2, -0.15) is 0 Å². The van der Waals surface area contributed by atoms with Gasteiger partial charge in [0.2, 0.25) is 0 Å². The lowest BCUT2D eigenvalue weighted by Crippen LogP contribution is -2.20. The molecule has 0 saturated carbocycles. The van der Waals surface area contributed by atoms with Crippen LogP contribution < -0.4 is 5.32 Å². The van der Waals surface area contributed by atoms with E-state index in [1.807, 2.05) is 25.1 Å². The van der Waals surface area contributed by atoms with E-state index >= 15 is 0 Å². The molecule has 5 nitrogen and oxygen atoms in total. The molecular formula is C19H16BrNO4. The van der Waals surface area contributed by atoms with Crippen molar-refractivity contribution in [2.75, 3.05) is 0 Å². The Kier molecular flexibility index (Phi) is 4.99. The first kappa shape index (κ1) is 17.4. The van der Waals surface area contributed by atoms with Crippen LogP contribution in [0.15, 0.2) is 40.9 Å². The number of hydrogen-bond donors (Lipinski definition) is 1. The number of benzene rings is 2. The van der Waals surface area contributed by atoms with Gasteiger partial charge in [0.25, 0.3) is 11.8 Å². The van der Waals surface area contributed by atoms with Crippen LogP contribution in [0.1, 0.15) is 44.3 Å². The lowest BCUT2D eigenvalue weighted by Gasteiger charge is -2.10. The first-order chi connectivity index (χ1) is 12.0. The Labute approximate surface area is 153 Å². The number of carbonyl (C=O) groups is 3. The molecule has 2 aromatic rings. The SMILES string of the molecule is CCc1cc(Br)ccc1COC(=O)Cc1cccc2c1C(=O)NC2=O. The van der Waals surface area contributed by atoms with Crippen LogP contribution in [0.4, 0.5) is 0 Å². The van der Waals surface area contributed by atoms with E-state index in [2.05, 4.69) is 21.2 Å². The van der Waals surface area contributed by atoms with Crippen LogP contribution in [0.25, 0.3) is 0 Å². The highest BCUT2D eigenvalue weighted by atomic mass is 79.9. The van der Waals surface area contributed by atoms with Crippen LogP contribution >= 0.6 is 15.9 Å². The Morgan fingerprint density at radius 2 is 1.88 bits per heavy atom. The largest absolute Gasteiger partial charge is 0.461 e. The van der Waals surface area contributed by atoms with Gasteiger partial charge in [-0.3, -0.25) is 19.7 Å². The first-order valence-electron chi connectivity index (χ1n) is 7.90. The number of imide groups is 1. The van der Waals surface area contributed by atoms with Crippen molar-refractivity contribution in [3.63, 3.8) is 0 Å². The van der Waals surface area contributed by atoms with E-state index in [9.17, 15) is 14.4 Å². The summed E-state index contributed by atoms with van der Waals surface area (Å²) in [6.45, 7) is 2.21. The molecule has 0 aliphatic carbocycles. The Hall–Kier alpha value is -2.47. The molecule has 0 fully saturated rings. The van der Waals surface area contributed by atoms with Crippen molar-refractivity contribution >= 4 is 33.7 Å². The molecule has 128 valence electrons. The predicted molar refractivity (Wildman–Crippen MR) is 95.3 cm³/mol. The number of carbonyl (C=O) groups excluding carboxylic acids is 3. The third-order valence-electron chi connectivity index (χ3n) is 4.12. The summed E-state index contributed by atoms with van der Waals surface area (Å²) in [6, 6.07) is 10.7. The summed E-state index contributed by atoms with van der Waals surface area (Å²) in [5, 5.41) is 2.24. The maximum absolute atomic E-state index is 12.2. The quantitative estimate of drug-likeness (QED) is 0.616. The molecule has 0 aromatic heterocycles. The van der Waals surface area contributed by atoms with Crippen LogP contribution in [-0.4, -0.2) is 17.8 Å². The summed E-state index contributed by atoms with van der Waals surface area (Å²) >= 11 is 3.43. The number of nitrogens with one attached hydrogen (secondary N) is 1. The lowest BCUT2D eigenvalue weighted by molar-refractivity contribution is -0.144. The third kappa shape index (κ3) is 3.64. The summed E-state index contributed by atoms with van der Waals surface area (Å²) in [6.07, 6.45) is 0.780. The van der Waals surface area contributed by atoms with E-state index in [1.165, 1.54) is 0 Å². The summed E-state index contributed by atoms with van der Waals surface area (Å²) in [5.41, 5.74) is 3.12. The molecule has 2 aromatic carbocycles. The number of ether oxygens (including phenoxy) is 1. The molecule has 2 amide bonds. The Morgan fingerprint density at radius 3 is 2.64 bits per heavy atom. The second-order valence-corrected chi connectivity index (χ2v) is 6.64. The standard InChI is InChI=1S/C19H16BrNO4/c1-2-11-8-14(20)7-6-13(11)10-25-16(22)9-12-4-3-5-15-17(12)19(24)21-18(15)23/h3-8H,2,9-10H2,1H3,(H,21,23,24). The number of fused-ring (bicyclic) bond motifs is 1. The highest BCUT2D eigenvalue weighted by Crippen LogP contribution is 2.22. The van der Waals surface area contributed by atoms with E-state index < -0.39 is 17.8 Å². The van der Waals surface area contributed by atoms with Gasteiger partial charge in [0.15, 0.2) is 0 Å². The topological polar surface area (TPSA) is 72.5 Å². The van der Waals surface area contributed by atoms with Crippen molar-refractivity contribution in [3.8, 4) is 0 Å². The van der Waals surface area contributed by atoms with Gasteiger partial charge < -0.3 is 4.74 Å². The van der Waals surface area contributed by atoms with Gasteiger partial charge in [-0.15, -0.1) is 0 Å². The number of aryl methyl sites for hydroxylation is 1. The number of amides is 2. The smallest absolute Gasteiger partial charge is 0.310 e. The second kappa shape index (κ2) is 7.19. The van der Waals surface area contributed by atoms with Crippen molar-refractivity contribution in [1.82, 2.24) is 5.32 Å². The molecule has 0 saturated heterocycles. The first-order valence-corrected chi connectivity index (χ1v) is 8.69. The van der Waals surface area contributed by atoms with Crippen LogP contribution in [0.3, 0.4) is 0 Å².